The molecule has 0 saturated carbocycles. The summed E-state index contributed by atoms with van der Waals surface area (Å²) in [6.45, 7) is 1.18. The number of primary amides is 1. The van der Waals surface area contributed by atoms with Gasteiger partial charge in [0.1, 0.15) is 6.04 Å². The number of hydrogen-bond acceptors (Lipinski definition) is 3. The summed E-state index contributed by atoms with van der Waals surface area (Å²) in [5.74, 6) is -0.422. The van der Waals surface area contributed by atoms with Crippen LogP contribution in [0.1, 0.15) is 18.4 Å². The predicted molar refractivity (Wildman–Crippen MR) is 76.1 cm³/mol. The van der Waals surface area contributed by atoms with Gasteiger partial charge in [0.25, 0.3) is 0 Å². The first-order valence-corrected chi connectivity index (χ1v) is 7.07. The number of carbonyl (C=O) groups is 2. The zero-order valence-electron chi connectivity index (χ0n) is 11.3. The number of para-hydroxylation sites is 1. The summed E-state index contributed by atoms with van der Waals surface area (Å²) in [7, 11) is 0. The molecule has 1 fully saturated rings. The molecular weight excluding hydrogens is 254 g/mol. The van der Waals surface area contributed by atoms with Gasteiger partial charge in [-0.25, -0.2) is 0 Å². The van der Waals surface area contributed by atoms with E-state index in [0.29, 0.717) is 13.0 Å². The SMILES string of the molecule is NC(=O)C1CCCN(C(=O)[C@@H]2Cc3ccccc3N2)C1. The van der Waals surface area contributed by atoms with Crippen LogP contribution in [-0.4, -0.2) is 35.8 Å². The lowest BCUT2D eigenvalue weighted by Gasteiger charge is -2.33. The number of amides is 2. The smallest absolute Gasteiger partial charge is 0.245 e. The highest BCUT2D eigenvalue weighted by molar-refractivity contribution is 5.88. The molecule has 0 bridgehead atoms. The van der Waals surface area contributed by atoms with E-state index in [-0.39, 0.29) is 23.8 Å². The number of rotatable bonds is 2. The first-order valence-electron chi connectivity index (χ1n) is 7.07. The molecule has 1 unspecified atom stereocenters. The van der Waals surface area contributed by atoms with Crippen LogP contribution in [-0.2, 0) is 16.0 Å². The number of nitrogens with one attached hydrogen (secondary N) is 1. The quantitative estimate of drug-likeness (QED) is 0.835. The summed E-state index contributed by atoms with van der Waals surface area (Å²) in [4.78, 5) is 25.6. The molecule has 106 valence electrons. The van der Waals surface area contributed by atoms with Crippen molar-refractivity contribution < 1.29 is 9.59 Å². The third kappa shape index (κ3) is 2.35. The fourth-order valence-electron chi connectivity index (χ4n) is 3.08. The van der Waals surface area contributed by atoms with Crippen molar-refractivity contribution in [3.63, 3.8) is 0 Å². The van der Waals surface area contributed by atoms with Crippen LogP contribution in [0, 0.1) is 5.92 Å². The molecule has 5 heteroatoms. The highest BCUT2D eigenvalue weighted by atomic mass is 16.2. The van der Waals surface area contributed by atoms with Crippen LogP contribution < -0.4 is 11.1 Å². The van der Waals surface area contributed by atoms with Crippen molar-refractivity contribution in [3.05, 3.63) is 29.8 Å². The molecule has 2 amide bonds. The Morgan fingerprint density at radius 2 is 2.10 bits per heavy atom. The Kier molecular flexibility index (Phi) is 3.34. The van der Waals surface area contributed by atoms with Gasteiger partial charge >= 0.3 is 0 Å². The minimum absolute atomic E-state index is 0.0761. The van der Waals surface area contributed by atoms with Gasteiger partial charge in [-0.2, -0.15) is 0 Å². The molecule has 3 rings (SSSR count). The van der Waals surface area contributed by atoms with Crippen LogP contribution in [0.2, 0.25) is 0 Å². The van der Waals surface area contributed by atoms with Gasteiger partial charge in [0.05, 0.1) is 5.92 Å². The van der Waals surface area contributed by atoms with Crippen molar-refractivity contribution in [3.8, 4) is 0 Å². The molecule has 0 aliphatic carbocycles. The Labute approximate surface area is 118 Å². The molecule has 0 aromatic heterocycles. The number of likely N-dealkylation sites (tertiary alicyclic amines) is 1. The lowest BCUT2D eigenvalue weighted by atomic mass is 9.96. The number of benzene rings is 1. The van der Waals surface area contributed by atoms with E-state index >= 15 is 0 Å². The Morgan fingerprint density at radius 3 is 2.85 bits per heavy atom. The highest BCUT2D eigenvalue weighted by Crippen LogP contribution is 2.27. The first-order chi connectivity index (χ1) is 9.65. The first kappa shape index (κ1) is 13.0. The fourth-order valence-corrected chi connectivity index (χ4v) is 3.08. The number of nitrogens with zero attached hydrogens (tertiary/aromatic N) is 1. The Morgan fingerprint density at radius 1 is 1.30 bits per heavy atom. The van der Waals surface area contributed by atoms with Gasteiger partial charge in [-0.1, -0.05) is 18.2 Å². The summed E-state index contributed by atoms with van der Waals surface area (Å²) in [6.07, 6.45) is 2.35. The van der Waals surface area contributed by atoms with Gasteiger partial charge in [-0.05, 0) is 24.5 Å². The molecule has 1 aromatic rings. The molecule has 0 spiro atoms. The topological polar surface area (TPSA) is 75.4 Å². The number of anilines is 1. The number of hydrogen-bond donors (Lipinski definition) is 2. The van der Waals surface area contributed by atoms with Crippen LogP contribution in [0.3, 0.4) is 0 Å². The monoisotopic (exact) mass is 273 g/mol. The second-order valence-electron chi connectivity index (χ2n) is 5.58. The van der Waals surface area contributed by atoms with E-state index in [0.717, 1.165) is 25.1 Å². The van der Waals surface area contributed by atoms with Crippen LogP contribution >= 0.6 is 0 Å². The summed E-state index contributed by atoms with van der Waals surface area (Å²) < 4.78 is 0. The maximum absolute atomic E-state index is 12.5. The van der Waals surface area contributed by atoms with Crippen LogP contribution in [0.5, 0.6) is 0 Å². The second-order valence-corrected chi connectivity index (χ2v) is 5.58. The summed E-state index contributed by atoms with van der Waals surface area (Å²) in [6, 6.07) is 7.77. The number of nitrogens with two attached hydrogens (primary N) is 1. The third-order valence-corrected chi connectivity index (χ3v) is 4.20. The Hall–Kier alpha value is -2.04. The molecule has 0 radical (unpaired) electrons. The average Bonchev–Trinajstić information content (AvgIpc) is 2.90. The van der Waals surface area contributed by atoms with Crippen molar-refractivity contribution in [1.82, 2.24) is 4.90 Å². The molecule has 2 heterocycles. The molecule has 2 aliphatic heterocycles. The number of carbonyl (C=O) groups excluding carboxylic acids is 2. The van der Waals surface area contributed by atoms with Gasteiger partial charge < -0.3 is 16.0 Å². The van der Waals surface area contributed by atoms with Gasteiger partial charge in [0.15, 0.2) is 0 Å². The third-order valence-electron chi connectivity index (χ3n) is 4.20. The molecule has 3 N–H and O–H groups in total. The number of fused-ring (bicyclic) bond motifs is 1. The molecule has 1 saturated heterocycles. The standard InChI is InChI=1S/C15H19N3O2/c16-14(19)11-5-3-7-18(9-11)15(20)13-8-10-4-1-2-6-12(10)17-13/h1-2,4,6,11,13,17H,3,5,7-9H2,(H2,16,19)/t11?,13-/m0/s1. The van der Waals surface area contributed by atoms with Gasteiger partial charge in [0, 0.05) is 25.2 Å². The fraction of sp³-hybridized carbons (Fsp3) is 0.467. The van der Waals surface area contributed by atoms with Gasteiger partial charge in [-0.15, -0.1) is 0 Å². The average molecular weight is 273 g/mol. The molecule has 2 atom stereocenters. The molecule has 20 heavy (non-hydrogen) atoms. The minimum atomic E-state index is -0.301. The normalized spacial score (nSPS) is 24.9. The van der Waals surface area contributed by atoms with Gasteiger partial charge in [-0.3, -0.25) is 9.59 Å². The van der Waals surface area contributed by atoms with Crippen molar-refractivity contribution in [1.29, 1.82) is 0 Å². The minimum Gasteiger partial charge on any atom is -0.373 e. The summed E-state index contributed by atoms with van der Waals surface area (Å²) in [5, 5.41) is 3.27. The maximum Gasteiger partial charge on any atom is 0.245 e. The maximum atomic E-state index is 12.5. The van der Waals surface area contributed by atoms with Gasteiger partial charge in [0.2, 0.25) is 11.8 Å². The zero-order valence-corrected chi connectivity index (χ0v) is 11.3. The van der Waals surface area contributed by atoms with Crippen molar-refractivity contribution in [2.45, 2.75) is 25.3 Å². The van der Waals surface area contributed by atoms with E-state index < -0.39 is 0 Å². The lowest BCUT2D eigenvalue weighted by molar-refractivity contribution is -0.135. The van der Waals surface area contributed by atoms with E-state index in [2.05, 4.69) is 5.32 Å². The molecular formula is C15H19N3O2. The van der Waals surface area contributed by atoms with E-state index in [9.17, 15) is 9.59 Å². The van der Waals surface area contributed by atoms with Crippen LogP contribution in [0.15, 0.2) is 24.3 Å². The molecule has 1 aromatic carbocycles. The highest BCUT2D eigenvalue weighted by Gasteiger charge is 2.33. The summed E-state index contributed by atoms with van der Waals surface area (Å²) in [5.41, 5.74) is 7.57. The molecule has 2 aliphatic rings. The predicted octanol–water partition coefficient (Wildman–Crippen LogP) is 0.747. The van der Waals surface area contributed by atoms with E-state index in [1.54, 1.807) is 4.90 Å². The van der Waals surface area contributed by atoms with Crippen molar-refractivity contribution >= 4 is 17.5 Å². The molecule has 5 nitrogen and oxygen atoms in total. The summed E-state index contributed by atoms with van der Waals surface area (Å²) >= 11 is 0. The van der Waals surface area contributed by atoms with Crippen molar-refractivity contribution in [2.75, 3.05) is 18.4 Å². The zero-order chi connectivity index (χ0) is 14.1. The largest absolute Gasteiger partial charge is 0.373 e. The van der Waals surface area contributed by atoms with E-state index in [1.807, 2.05) is 24.3 Å². The van der Waals surface area contributed by atoms with Crippen LogP contribution in [0.4, 0.5) is 5.69 Å². The Balaban J connectivity index is 1.67. The van der Waals surface area contributed by atoms with E-state index in [4.69, 9.17) is 5.73 Å². The van der Waals surface area contributed by atoms with Crippen molar-refractivity contribution in [2.24, 2.45) is 11.7 Å². The Bertz CT molecular complexity index is 519. The second kappa shape index (κ2) is 5.15. The van der Waals surface area contributed by atoms with Crippen LogP contribution in [0.25, 0.3) is 0 Å². The van der Waals surface area contributed by atoms with E-state index in [1.165, 1.54) is 5.56 Å². The number of piperidine rings is 1. The lowest BCUT2D eigenvalue weighted by Crippen LogP contribution is -2.49.